The monoisotopic (exact) mass is 319 g/mol. The molecule has 3 rings (SSSR count). The molecule has 1 aromatic rings. The maximum Gasteiger partial charge on any atom is 0.227 e. The van der Waals surface area contributed by atoms with E-state index in [2.05, 4.69) is 0 Å². The summed E-state index contributed by atoms with van der Waals surface area (Å²) in [7, 11) is 1.64. The van der Waals surface area contributed by atoms with Crippen molar-refractivity contribution in [3.63, 3.8) is 0 Å². The molecular weight excluding hydrogens is 294 g/mol. The molecule has 23 heavy (non-hydrogen) atoms. The SMILES string of the molecule is CCOC1C2CCC1N(C(=O)Cc1cccc(OC)c1)CCO2. The zero-order valence-corrected chi connectivity index (χ0v) is 13.9. The zero-order valence-electron chi connectivity index (χ0n) is 13.9. The van der Waals surface area contributed by atoms with Gasteiger partial charge in [0, 0.05) is 13.2 Å². The highest BCUT2D eigenvalue weighted by atomic mass is 16.5. The summed E-state index contributed by atoms with van der Waals surface area (Å²) in [5.41, 5.74) is 0.974. The van der Waals surface area contributed by atoms with Gasteiger partial charge in [-0.3, -0.25) is 4.79 Å². The quantitative estimate of drug-likeness (QED) is 0.833. The molecule has 3 atom stereocenters. The number of fused-ring (bicyclic) bond motifs is 2. The van der Waals surface area contributed by atoms with Gasteiger partial charge in [-0.1, -0.05) is 12.1 Å². The summed E-state index contributed by atoms with van der Waals surface area (Å²) in [6, 6.07) is 7.83. The Kier molecular flexibility index (Phi) is 5.18. The van der Waals surface area contributed by atoms with Crippen LogP contribution >= 0.6 is 0 Å². The van der Waals surface area contributed by atoms with Crippen molar-refractivity contribution in [3.05, 3.63) is 29.8 Å². The molecule has 0 radical (unpaired) electrons. The van der Waals surface area contributed by atoms with Crippen LogP contribution in [0, 0.1) is 0 Å². The number of nitrogens with zero attached hydrogens (tertiary/aromatic N) is 1. The average molecular weight is 319 g/mol. The van der Waals surface area contributed by atoms with E-state index < -0.39 is 0 Å². The zero-order chi connectivity index (χ0) is 16.2. The number of methoxy groups -OCH3 is 1. The van der Waals surface area contributed by atoms with Gasteiger partial charge in [0.05, 0.1) is 32.3 Å². The van der Waals surface area contributed by atoms with Crippen LogP contribution in [0.15, 0.2) is 24.3 Å². The lowest BCUT2D eigenvalue weighted by molar-refractivity contribution is -0.135. The van der Waals surface area contributed by atoms with Crippen molar-refractivity contribution in [3.8, 4) is 5.75 Å². The molecule has 0 N–H and O–H groups in total. The molecule has 1 amide bonds. The molecule has 2 fully saturated rings. The summed E-state index contributed by atoms with van der Waals surface area (Å²) < 4.78 is 17.0. The van der Waals surface area contributed by atoms with Crippen LogP contribution in [0.25, 0.3) is 0 Å². The molecule has 126 valence electrons. The van der Waals surface area contributed by atoms with Crippen LogP contribution in [0.5, 0.6) is 5.75 Å². The standard InChI is InChI=1S/C18H25NO4/c1-3-22-18-15-7-8-16(18)23-10-9-19(15)17(20)12-13-5-4-6-14(11-13)21-2/h4-6,11,15-16,18H,3,7-10,12H2,1-2H3. The topological polar surface area (TPSA) is 48.0 Å². The van der Waals surface area contributed by atoms with Crippen molar-refractivity contribution in [2.24, 2.45) is 0 Å². The summed E-state index contributed by atoms with van der Waals surface area (Å²) in [6.07, 6.45) is 2.46. The molecule has 1 saturated heterocycles. The molecule has 3 unspecified atom stereocenters. The van der Waals surface area contributed by atoms with Crippen LogP contribution in [0.4, 0.5) is 0 Å². The summed E-state index contributed by atoms with van der Waals surface area (Å²) in [6.45, 7) is 3.88. The van der Waals surface area contributed by atoms with E-state index in [1.807, 2.05) is 36.1 Å². The molecule has 2 aliphatic rings. The second-order valence-corrected chi connectivity index (χ2v) is 6.09. The van der Waals surface area contributed by atoms with E-state index in [0.29, 0.717) is 26.2 Å². The summed E-state index contributed by atoms with van der Waals surface area (Å²) >= 11 is 0. The Morgan fingerprint density at radius 2 is 2.26 bits per heavy atom. The largest absolute Gasteiger partial charge is 0.497 e. The maximum atomic E-state index is 12.8. The van der Waals surface area contributed by atoms with Crippen molar-refractivity contribution >= 4 is 5.91 Å². The Hall–Kier alpha value is -1.59. The van der Waals surface area contributed by atoms with Crippen LogP contribution in [0.3, 0.4) is 0 Å². The van der Waals surface area contributed by atoms with Gasteiger partial charge in [-0.15, -0.1) is 0 Å². The molecule has 2 bridgehead atoms. The molecule has 1 saturated carbocycles. The van der Waals surface area contributed by atoms with Crippen LogP contribution < -0.4 is 4.74 Å². The Bertz CT molecular complexity index is 548. The Morgan fingerprint density at radius 3 is 3.04 bits per heavy atom. The smallest absolute Gasteiger partial charge is 0.227 e. The Morgan fingerprint density at radius 1 is 1.39 bits per heavy atom. The Balaban J connectivity index is 1.72. The van der Waals surface area contributed by atoms with Gasteiger partial charge >= 0.3 is 0 Å². The first-order chi connectivity index (χ1) is 11.2. The van der Waals surface area contributed by atoms with Crippen LogP contribution in [-0.2, 0) is 20.7 Å². The molecule has 1 aliphatic heterocycles. The van der Waals surface area contributed by atoms with E-state index in [-0.39, 0.29) is 24.2 Å². The van der Waals surface area contributed by atoms with Crippen LogP contribution in [0.1, 0.15) is 25.3 Å². The van der Waals surface area contributed by atoms with Crippen molar-refractivity contribution < 1.29 is 19.0 Å². The van der Waals surface area contributed by atoms with E-state index in [4.69, 9.17) is 14.2 Å². The minimum absolute atomic E-state index is 0.0109. The Labute approximate surface area is 137 Å². The number of ether oxygens (including phenoxy) is 3. The number of hydrogen-bond acceptors (Lipinski definition) is 4. The number of rotatable bonds is 5. The van der Waals surface area contributed by atoms with Crippen LogP contribution in [-0.4, -0.2) is 55.9 Å². The molecule has 1 aromatic carbocycles. The molecule has 1 aliphatic carbocycles. The fourth-order valence-corrected chi connectivity index (χ4v) is 3.67. The predicted octanol–water partition coefficient (Wildman–Crippen LogP) is 2.03. The predicted molar refractivity (Wildman–Crippen MR) is 86.6 cm³/mol. The number of amides is 1. The van der Waals surface area contributed by atoms with Gasteiger partial charge in [0.25, 0.3) is 0 Å². The lowest BCUT2D eigenvalue weighted by Gasteiger charge is -2.31. The van der Waals surface area contributed by atoms with Gasteiger partial charge in [0.2, 0.25) is 5.91 Å². The van der Waals surface area contributed by atoms with E-state index in [1.54, 1.807) is 7.11 Å². The van der Waals surface area contributed by atoms with Gasteiger partial charge in [-0.05, 0) is 37.5 Å². The molecule has 1 heterocycles. The van der Waals surface area contributed by atoms with Crippen molar-refractivity contribution in [2.75, 3.05) is 26.9 Å². The van der Waals surface area contributed by atoms with Crippen molar-refractivity contribution in [1.82, 2.24) is 4.90 Å². The van der Waals surface area contributed by atoms with Gasteiger partial charge in [-0.2, -0.15) is 0 Å². The second kappa shape index (κ2) is 7.32. The van der Waals surface area contributed by atoms with E-state index in [1.165, 1.54) is 0 Å². The fourth-order valence-electron chi connectivity index (χ4n) is 3.67. The number of carbonyl (C=O) groups is 1. The maximum absolute atomic E-state index is 12.8. The number of benzene rings is 1. The number of carbonyl (C=O) groups excluding carboxylic acids is 1. The van der Waals surface area contributed by atoms with Gasteiger partial charge in [0.1, 0.15) is 11.9 Å². The van der Waals surface area contributed by atoms with Gasteiger partial charge < -0.3 is 19.1 Å². The highest BCUT2D eigenvalue weighted by Crippen LogP contribution is 2.32. The minimum atomic E-state index is 0.0109. The van der Waals surface area contributed by atoms with E-state index in [9.17, 15) is 4.79 Å². The van der Waals surface area contributed by atoms with Crippen LogP contribution in [0.2, 0.25) is 0 Å². The molecule has 0 aromatic heterocycles. The average Bonchev–Trinajstić information content (AvgIpc) is 2.83. The first-order valence-electron chi connectivity index (χ1n) is 8.38. The third-order valence-electron chi connectivity index (χ3n) is 4.73. The molecule has 0 spiro atoms. The second-order valence-electron chi connectivity index (χ2n) is 6.09. The van der Waals surface area contributed by atoms with Crippen molar-refractivity contribution in [1.29, 1.82) is 0 Å². The minimum Gasteiger partial charge on any atom is -0.497 e. The fraction of sp³-hybridized carbons (Fsp3) is 0.611. The summed E-state index contributed by atoms with van der Waals surface area (Å²) in [4.78, 5) is 14.8. The van der Waals surface area contributed by atoms with Gasteiger partial charge in [-0.25, -0.2) is 0 Å². The van der Waals surface area contributed by atoms with E-state index in [0.717, 1.165) is 24.2 Å². The van der Waals surface area contributed by atoms with Gasteiger partial charge in [0.15, 0.2) is 0 Å². The lowest BCUT2D eigenvalue weighted by atomic mass is 10.1. The first kappa shape index (κ1) is 16.3. The molecule has 5 nitrogen and oxygen atoms in total. The number of hydrogen-bond donors (Lipinski definition) is 0. The first-order valence-corrected chi connectivity index (χ1v) is 8.38. The third-order valence-corrected chi connectivity index (χ3v) is 4.73. The summed E-state index contributed by atoms with van der Waals surface area (Å²) in [5.74, 6) is 0.918. The lowest BCUT2D eigenvalue weighted by Crippen LogP contribution is -2.47. The molecular formula is C18H25NO4. The van der Waals surface area contributed by atoms with E-state index >= 15 is 0 Å². The highest BCUT2D eigenvalue weighted by molar-refractivity contribution is 5.79. The molecule has 5 heteroatoms. The van der Waals surface area contributed by atoms with Crippen molar-refractivity contribution in [2.45, 2.75) is 44.4 Å². The highest BCUT2D eigenvalue weighted by Gasteiger charge is 2.44. The summed E-state index contributed by atoms with van der Waals surface area (Å²) in [5, 5.41) is 0. The third kappa shape index (κ3) is 3.51. The normalized spacial score (nSPS) is 26.9.